The van der Waals surface area contributed by atoms with Gasteiger partial charge in [-0.2, -0.15) is 13.8 Å². The Hall–Kier alpha value is -3.33. The van der Waals surface area contributed by atoms with Gasteiger partial charge in [-0.1, -0.05) is 5.92 Å². The molecule has 0 unspecified atom stereocenters. The van der Waals surface area contributed by atoms with Crippen molar-refractivity contribution >= 4 is 34.5 Å². The molecule has 34 heavy (non-hydrogen) atoms. The molecule has 1 aliphatic rings. The van der Waals surface area contributed by atoms with Crippen molar-refractivity contribution in [2.45, 2.75) is 33.1 Å². The number of anilines is 1. The van der Waals surface area contributed by atoms with Crippen molar-refractivity contribution in [3.8, 4) is 35.2 Å². The summed E-state index contributed by atoms with van der Waals surface area (Å²) in [6.07, 6.45) is 6.98. The fourth-order valence-electron chi connectivity index (χ4n) is 3.38. The number of carbonyl (C=O) groups excluding carboxylic acids is 1. The third-order valence-corrected chi connectivity index (χ3v) is 6.20. The predicted molar refractivity (Wildman–Crippen MR) is 124 cm³/mol. The molecule has 0 aromatic carbocycles. The highest BCUT2D eigenvalue weighted by atomic mass is 35.5. The highest BCUT2D eigenvalue weighted by Gasteiger charge is 2.28. The Morgan fingerprint density at radius 3 is 2.88 bits per heavy atom. The van der Waals surface area contributed by atoms with Gasteiger partial charge in [0.05, 0.1) is 22.7 Å². The molecule has 8 nitrogen and oxygen atoms in total. The van der Waals surface area contributed by atoms with E-state index in [1.807, 2.05) is 6.92 Å². The van der Waals surface area contributed by atoms with Crippen LogP contribution in [-0.4, -0.2) is 40.1 Å². The number of halogens is 3. The molecule has 0 aliphatic carbocycles. The number of alkyl halides is 2. The minimum atomic E-state index is -2.96. The zero-order chi connectivity index (χ0) is 24.4. The van der Waals surface area contributed by atoms with Gasteiger partial charge in [0, 0.05) is 41.7 Å². The maximum absolute atomic E-state index is 12.6. The van der Waals surface area contributed by atoms with Crippen LogP contribution in [0.5, 0.6) is 11.8 Å². The van der Waals surface area contributed by atoms with E-state index in [-0.39, 0.29) is 34.6 Å². The molecule has 1 amide bonds. The van der Waals surface area contributed by atoms with Gasteiger partial charge < -0.3 is 20.1 Å². The molecule has 3 aromatic rings. The van der Waals surface area contributed by atoms with Crippen LogP contribution in [0.4, 0.5) is 14.5 Å². The van der Waals surface area contributed by atoms with Crippen molar-refractivity contribution in [3.63, 3.8) is 0 Å². The number of pyridine rings is 1. The number of hydrogen-bond donors (Lipinski definition) is 2. The standard InChI is InChI=1S/C22H18ClF2N5O3S/c1-4-14-16(17-18(34-14)19(31)28-10(2)7-26-17)13-5-6-15(29-11(13)3)33-20-12(9-32-22(24)25)8-27-21(23)30-20/h1,5-6,8,10,22,26H,7,9H2,2-3H3,(H,28,31)/t10-/m1/s1. The quantitative estimate of drug-likeness (QED) is 0.372. The first-order valence-electron chi connectivity index (χ1n) is 10.0. The van der Waals surface area contributed by atoms with Crippen LogP contribution < -0.4 is 15.4 Å². The number of nitrogens with one attached hydrogen (secondary N) is 2. The van der Waals surface area contributed by atoms with Crippen molar-refractivity contribution in [2.75, 3.05) is 11.9 Å². The lowest BCUT2D eigenvalue weighted by Gasteiger charge is -2.13. The smallest absolute Gasteiger partial charge is 0.345 e. The molecule has 3 aromatic heterocycles. The molecule has 2 N–H and O–H groups in total. The average Bonchev–Trinajstić information content (AvgIpc) is 3.09. The number of rotatable bonds is 6. The average molecular weight is 506 g/mol. The molecule has 1 aliphatic heterocycles. The lowest BCUT2D eigenvalue weighted by molar-refractivity contribution is -0.137. The Morgan fingerprint density at radius 1 is 1.38 bits per heavy atom. The number of fused-ring (bicyclic) bond motifs is 1. The molecule has 0 fully saturated rings. The number of terminal acetylenes is 1. The normalized spacial score (nSPS) is 15.2. The van der Waals surface area contributed by atoms with E-state index in [9.17, 15) is 13.6 Å². The van der Waals surface area contributed by atoms with Gasteiger partial charge >= 0.3 is 6.61 Å². The summed E-state index contributed by atoms with van der Waals surface area (Å²) in [4.78, 5) is 25.9. The van der Waals surface area contributed by atoms with Crippen molar-refractivity contribution in [1.82, 2.24) is 20.3 Å². The van der Waals surface area contributed by atoms with E-state index in [1.165, 1.54) is 17.5 Å². The number of aromatic nitrogens is 3. The molecule has 4 rings (SSSR count). The Labute approximate surface area is 202 Å². The Kier molecular flexibility index (Phi) is 6.92. The van der Waals surface area contributed by atoms with Gasteiger partial charge in [-0.05, 0) is 31.5 Å². The molecule has 0 saturated carbocycles. The van der Waals surface area contributed by atoms with E-state index in [1.54, 1.807) is 19.1 Å². The lowest BCUT2D eigenvalue weighted by Crippen LogP contribution is -2.34. The fraction of sp³-hybridized carbons (Fsp3) is 0.273. The Morgan fingerprint density at radius 2 is 2.18 bits per heavy atom. The van der Waals surface area contributed by atoms with E-state index in [0.717, 1.165) is 5.56 Å². The van der Waals surface area contributed by atoms with Crippen LogP contribution in [0.25, 0.3) is 11.1 Å². The van der Waals surface area contributed by atoms with Gasteiger partial charge in [0.15, 0.2) is 0 Å². The highest BCUT2D eigenvalue weighted by Crippen LogP contribution is 2.43. The predicted octanol–water partition coefficient (Wildman–Crippen LogP) is 4.62. The summed E-state index contributed by atoms with van der Waals surface area (Å²) in [5, 5.41) is 6.11. The van der Waals surface area contributed by atoms with Crippen LogP contribution in [0, 0.1) is 19.3 Å². The largest absolute Gasteiger partial charge is 0.420 e. The highest BCUT2D eigenvalue weighted by molar-refractivity contribution is 7.15. The zero-order valence-corrected chi connectivity index (χ0v) is 19.6. The van der Waals surface area contributed by atoms with E-state index < -0.39 is 13.2 Å². The first-order valence-corrected chi connectivity index (χ1v) is 11.2. The summed E-state index contributed by atoms with van der Waals surface area (Å²) in [5.74, 6) is 2.56. The van der Waals surface area contributed by atoms with Crippen LogP contribution in [0.3, 0.4) is 0 Å². The molecule has 0 bridgehead atoms. The first kappa shape index (κ1) is 23.8. The number of thiophene rings is 1. The second-order valence-electron chi connectivity index (χ2n) is 7.34. The van der Waals surface area contributed by atoms with Crippen LogP contribution in [0.15, 0.2) is 18.3 Å². The van der Waals surface area contributed by atoms with Gasteiger partial charge in [-0.3, -0.25) is 4.79 Å². The fourth-order valence-corrected chi connectivity index (χ4v) is 4.51. The molecular formula is C22H18ClF2N5O3S. The summed E-state index contributed by atoms with van der Waals surface area (Å²) >= 11 is 7.07. The second-order valence-corrected chi connectivity index (χ2v) is 8.69. The topological polar surface area (TPSA) is 98.3 Å². The second kappa shape index (κ2) is 9.89. The number of amides is 1. The third kappa shape index (κ3) is 4.94. The van der Waals surface area contributed by atoms with E-state index in [2.05, 4.69) is 36.2 Å². The summed E-state index contributed by atoms with van der Waals surface area (Å²) in [5.41, 5.74) is 2.83. The number of nitrogens with zero attached hydrogens (tertiary/aromatic N) is 3. The van der Waals surface area contributed by atoms with Crippen molar-refractivity contribution < 1.29 is 23.0 Å². The van der Waals surface area contributed by atoms with Crippen LogP contribution >= 0.6 is 22.9 Å². The molecule has 0 spiro atoms. The van der Waals surface area contributed by atoms with Crippen LogP contribution in [-0.2, 0) is 11.3 Å². The van der Waals surface area contributed by atoms with Crippen molar-refractivity contribution in [2.24, 2.45) is 0 Å². The van der Waals surface area contributed by atoms with Crippen molar-refractivity contribution in [1.29, 1.82) is 0 Å². The minimum absolute atomic E-state index is 0.0489. The lowest BCUT2D eigenvalue weighted by atomic mass is 10.0. The maximum atomic E-state index is 12.6. The minimum Gasteiger partial charge on any atom is -0.420 e. The molecule has 0 saturated heterocycles. The third-order valence-electron chi connectivity index (χ3n) is 4.90. The SMILES string of the molecule is C#Cc1sc2c(c1-c1ccc(Oc3nc(Cl)ncc3COC(F)F)nc1C)NC[C@@H](C)NC2=O. The van der Waals surface area contributed by atoms with E-state index in [4.69, 9.17) is 22.8 Å². The number of ether oxygens (including phenoxy) is 2. The molecule has 12 heteroatoms. The maximum Gasteiger partial charge on any atom is 0.345 e. The molecule has 0 radical (unpaired) electrons. The number of aryl methyl sites for hydroxylation is 1. The molecule has 4 heterocycles. The Bertz CT molecular complexity index is 1290. The molecular weight excluding hydrogens is 488 g/mol. The number of hydrogen-bond acceptors (Lipinski definition) is 8. The van der Waals surface area contributed by atoms with Gasteiger partial charge in [0.1, 0.15) is 4.88 Å². The van der Waals surface area contributed by atoms with Gasteiger partial charge in [-0.15, -0.1) is 17.8 Å². The van der Waals surface area contributed by atoms with E-state index >= 15 is 0 Å². The summed E-state index contributed by atoms with van der Waals surface area (Å²) in [7, 11) is 0. The number of carbonyl (C=O) groups is 1. The molecule has 176 valence electrons. The van der Waals surface area contributed by atoms with E-state index in [0.29, 0.717) is 33.2 Å². The summed E-state index contributed by atoms with van der Waals surface area (Å²) in [6, 6.07) is 3.29. The van der Waals surface area contributed by atoms with Crippen molar-refractivity contribution in [3.05, 3.63) is 44.6 Å². The van der Waals surface area contributed by atoms with Crippen LogP contribution in [0.2, 0.25) is 5.28 Å². The van der Waals surface area contributed by atoms with Gasteiger partial charge in [0.2, 0.25) is 17.0 Å². The molecule has 1 atom stereocenters. The monoisotopic (exact) mass is 505 g/mol. The zero-order valence-electron chi connectivity index (χ0n) is 18.0. The summed E-state index contributed by atoms with van der Waals surface area (Å²) < 4.78 is 35.0. The first-order chi connectivity index (χ1) is 16.3. The Balaban J connectivity index is 1.68. The summed E-state index contributed by atoms with van der Waals surface area (Å²) in [6.45, 7) is 0.771. The van der Waals surface area contributed by atoms with Gasteiger partial charge in [0.25, 0.3) is 5.91 Å². The van der Waals surface area contributed by atoms with Crippen LogP contribution in [0.1, 0.15) is 32.7 Å². The van der Waals surface area contributed by atoms with Gasteiger partial charge in [-0.25, -0.2) is 9.97 Å².